The van der Waals surface area contributed by atoms with E-state index in [1.54, 1.807) is 32.4 Å². The monoisotopic (exact) mass is 302 g/mol. The zero-order chi connectivity index (χ0) is 16.1. The summed E-state index contributed by atoms with van der Waals surface area (Å²) >= 11 is 0. The van der Waals surface area contributed by atoms with Gasteiger partial charge in [0.2, 0.25) is 0 Å². The van der Waals surface area contributed by atoms with Crippen molar-refractivity contribution in [2.24, 2.45) is 0 Å². The Morgan fingerprint density at radius 2 is 2.09 bits per heavy atom. The van der Waals surface area contributed by atoms with Crippen LogP contribution in [-0.2, 0) is 0 Å². The lowest BCUT2D eigenvalue weighted by Crippen LogP contribution is -2.24. The van der Waals surface area contributed by atoms with Gasteiger partial charge in [0.25, 0.3) is 5.91 Å². The minimum absolute atomic E-state index is 0.112. The number of nitrogens with zero attached hydrogens (tertiary/aromatic N) is 2. The minimum atomic E-state index is -0.302. The van der Waals surface area contributed by atoms with E-state index in [9.17, 15) is 4.79 Å². The molecule has 0 bridgehead atoms. The Labute approximate surface area is 128 Å². The van der Waals surface area contributed by atoms with E-state index < -0.39 is 0 Å². The Kier molecular flexibility index (Phi) is 4.77. The highest BCUT2D eigenvalue weighted by Crippen LogP contribution is 2.31. The topological polar surface area (TPSA) is 99.4 Å². The summed E-state index contributed by atoms with van der Waals surface area (Å²) in [5, 5.41) is 2.66. The lowest BCUT2D eigenvalue weighted by atomic mass is 10.1. The third kappa shape index (κ3) is 3.08. The van der Waals surface area contributed by atoms with Crippen LogP contribution < -0.4 is 20.5 Å². The largest absolute Gasteiger partial charge is 0.497 e. The van der Waals surface area contributed by atoms with Crippen LogP contribution in [0.4, 0.5) is 5.82 Å². The van der Waals surface area contributed by atoms with E-state index in [4.69, 9.17) is 15.2 Å². The summed E-state index contributed by atoms with van der Waals surface area (Å²) in [5.74, 6) is 1.41. The third-order valence-electron chi connectivity index (χ3n) is 3.05. The summed E-state index contributed by atoms with van der Waals surface area (Å²) in [4.78, 5) is 20.2. The molecule has 0 saturated carbocycles. The number of anilines is 1. The summed E-state index contributed by atoms with van der Waals surface area (Å²) in [5.41, 5.74) is 6.75. The summed E-state index contributed by atoms with van der Waals surface area (Å²) in [7, 11) is 3.12. The number of aromatic nitrogens is 2. The van der Waals surface area contributed by atoms with E-state index in [-0.39, 0.29) is 17.3 Å². The number of hydrogen-bond donors (Lipinski definition) is 2. The van der Waals surface area contributed by atoms with Gasteiger partial charge in [-0.3, -0.25) is 4.79 Å². The van der Waals surface area contributed by atoms with Crippen LogP contribution in [0, 0.1) is 0 Å². The molecule has 0 atom stereocenters. The van der Waals surface area contributed by atoms with E-state index in [0.29, 0.717) is 29.4 Å². The highest BCUT2D eigenvalue weighted by Gasteiger charge is 2.15. The number of hydrogen-bond acceptors (Lipinski definition) is 6. The zero-order valence-corrected chi connectivity index (χ0v) is 12.7. The van der Waals surface area contributed by atoms with Gasteiger partial charge in [0.1, 0.15) is 17.3 Å². The van der Waals surface area contributed by atoms with E-state index in [1.165, 1.54) is 6.20 Å². The first kappa shape index (κ1) is 15.6. The van der Waals surface area contributed by atoms with Gasteiger partial charge in [-0.1, -0.05) is 0 Å². The molecule has 22 heavy (non-hydrogen) atoms. The molecule has 0 unspecified atom stereocenters. The summed E-state index contributed by atoms with van der Waals surface area (Å²) in [6.07, 6.45) is 1.40. The van der Waals surface area contributed by atoms with Gasteiger partial charge in [-0.2, -0.15) is 0 Å². The molecule has 0 aliphatic rings. The fourth-order valence-corrected chi connectivity index (χ4v) is 1.94. The van der Waals surface area contributed by atoms with Crippen molar-refractivity contribution in [2.45, 2.75) is 6.92 Å². The Morgan fingerprint density at radius 3 is 2.68 bits per heavy atom. The van der Waals surface area contributed by atoms with Gasteiger partial charge >= 0.3 is 0 Å². The Hall–Kier alpha value is -2.83. The van der Waals surface area contributed by atoms with Gasteiger partial charge in [-0.15, -0.1) is 0 Å². The lowest BCUT2D eigenvalue weighted by Gasteiger charge is -2.11. The van der Waals surface area contributed by atoms with Crippen molar-refractivity contribution in [3.63, 3.8) is 0 Å². The van der Waals surface area contributed by atoms with Crippen LogP contribution in [-0.4, -0.2) is 36.6 Å². The number of carbonyl (C=O) groups is 1. The Morgan fingerprint density at radius 1 is 1.32 bits per heavy atom. The second-order valence-electron chi connectivity index (χ2n) is 4.42. The average Bonchev–Trinajstić information content (AvgIpc) is 2.54. The number of nitrogens with one attached hydrogen (secondary N) is 1. The second kappa shape index (κ2) is 6.75. The maximum absolute atomic E-state index is 11.8. The van der Waals surface area contributed by atoms with Crippen molar-refractivity contribution in [1.82, 2.24) is 15.3 Å². The molecule has 7 nitrogen and oxygen atoms in total. The number of nitrogen functional groups attached to an aromatic ring is 1. The molecule has 7 heteroatoms. The van der Waals surface area contributed by atoms with Crippen LogP contribution in [0.3, 0.4) is 0 Å². The maximum atomic E-state index is 11.8. The van der Waals surface area contributed by atoms with Gasteiger partial charge in [0.05, 0.1) is 25.3 Å². The van der Waals surface area contributed by atoms with Crippen LogP contribution in [0.25, 0.3) is 11.4 Å². The first-order valence-electron chi connectivity index (χ1n) is 6.73. The summed E-state index contributed by atoms with van der Waals surface area (Å²) in [6.45, 7) is 2.33. The average molecular weight is 302 g/mol. The molecular weight excluding hydrogens is 284 g/mol. The molecule has 0 fully saturated rings. The van der Waals surface area contributed by atoms with Gasteiger partial charge in [-0.25, -0.2) is 9.97 Å². The molecule has 1 heterocycles. The van der Waals surface area contributed by atoms with Gasteiger partial charge in [-0.05, 0) is 25.1 Å². The number of amides is 1. The summed E-state index contributed by atoms with van der Waals surface area (Å²) in [6, 6.07) is 5.28. The third-order valence-corrected chi connectivity index (χ3v) is 3.05. The predicted molar refractivity (Wildman–Crippen MR) is 83.0 cm³/mol. The first-order chi connectivity index (χ1) is 10.6. The van der Waals surface area contributed by atoms with E-state index in [0.717, 1.165) is 0 Å². The molecule has 0 radical (unpaired) electrons. The molecule has 2 aromatic rings. The maximum Gasteiger partial charge on any atom is 0.256 e. The molecule has 0 spiro atoms. The number of methoxy groups -OCH3 is 2. The van der Waals surface area contributed by atoms with Gasteiger partial charge < -0.3 is 20.5 Å². The van der Waals surface area contributed by atoms with Crippen LogP contribution >= 0.6 is 0 Å². The lowest BCUT2D eigenvalue weighted by molar-refractivity contribution is 0.0956. The van der Waals surface area contributed by atoms with Crippen molar-refractivity contribution in [3.05, 3.63) is 30.0 Å². The molecular formula is C15H18N4O3. The molecule has 116 valence electrons. The SMILES string of the molecule is CCNC(=O)c1cnc(-c2cc(OC)ccc2OC)nc1N. The fraction of sp³-hybridized carbons (Fsp3) is 0.267. The van der Waals surface area contributed by atoms with Crippen LogP contribution in [0.2, 0.25) is 0 Å². The number of rotatable bonds is 5. The quantitative estimate of drug-likeness (QED) is 0.868. The number of carbonyl (C=O) groups excluding carboxylic acids is 1. The van der Waals surface area contributed by atoms with Crippen LogP contribution in [0.1, 0.15) is 17.3 Å². The van der Waals surface area contributed by atoms with E-state index >= 15 is 0 Å². The molecule has 1 aromatic carbocycles. The molecule has 0 aliphatic heterocycles. The van der Waals surface area contributed by atoms with Gasteiger partial charge in [0.15, 0.2) is 5.82 Å². The molecule has 2 rings (SSSR count). The molecule has 0 aliphatic carbocycles. The highest BCUT2D eigenvalue weighted by atomic mass is 16.5. The highest BCUT2D eigenvalue weighted by molar-refractivity contribution is 5.98. The van der Waals surface area contributed by atoms with Crippen molar-refractivity contribution in [1.29, 1.82) is 0 Å². The molecule has 0 saturated heterocycles. The van der Waals surface area contributed by atoms with Crippen molar-refractivity contribution >= 4 is 11.7 Å². The molecule has 1 aromatic heterocycles. The summed E-state index contributed by atoms with van der Waals surface area (Å²) < 4.78 is 10.5. The fourth-order valence-electron chi connectivity index (χ4n) is 1.94. The zero-order valence-electron chi connectivity index (χ0n) is 12.7. The van der Waals surface area contributed by atoms with Crippen LogP contribution in [0.15, 0.2) is 24.4 Å². The second-order valence-corrected chi connectivity index (χ2v) is 4.42. The number of benzene rings is 1. The molecule has 3 N–H and O–H groups in total. The normalized spacial score (nSPS) is 10.1. The molecule has 1 amide bonds. The van der Waals surface area contributed by atoms with Crippen molar-refractivity contribution in [3.8, 4) is 22.9 Å². The smallest absolute Gasteiger partial charge is 0.256 e. The van der Waals surface area contributed by atoms with Crippen LogP contribution in [0.5, 0.6) is 11.5 Å². The first-order valence-corrected chi connectivity index (χ1v) is 6.73. The van der Waals surface area contributed by atoms with Crippen molar-refractivity contribution in [2.75, 3.05) is 26.5 Å². The Bertz CT molecular complexity index is 688. The standard InChI is InChI=1S/C15H18N4O3/c1-4-17-15(20)11-8-18-14(19-13(11)16)10-7-9(21-2)5-6-12(10)22-3/h5-8H,4H2,1-3H3,(H,17,20)(H2,16,18,19). The van der Waals surface area contributed by atoms with E-state index in [2.05, 4.69) is 15.3 Å². The van der Waals surface area contributed by atoms with Crippen molar-refractivity contribution < 1.29 is 14.3 Å². The number of ether oxygens (including phenoxy) is 2. The minimum Gasteiger partial charge on any atom is -0.497 e. The van der Waals surface area contributed by atoms with Gasteiger partial charge in [0, 0.05) is 12.7 Å². The predicted octanol–water partition coefficient (Wildman–Crippen LogP) is 1.49. The number of nitrogens with two attached hydrogens (primary N) is 1. The Balaban J connectivity index is 2.46. The van der Waals surface area contributed by atoms with E-state index in [1.807, 2.05) is 6.92 Å².